The van der Waals surface area contributed by atoms with Crippen molar-refractivity contribution >= 4 is 29.2 Å². The maximum Gasteiger partial charge on any atom is 0.319 e. The van der Waals surface area contributed by atoms with Crippen LogP contribution in [-0.2, 0) is 9.53 Å². The summed E-state index contributed by atoms with van der Waals surface area (Å²) in [5.41, 5.74) is 0.601. The van der Waals surface area contributed by atoms with Gasteiger partial charge in [-0.05, 0) is 50.3 Å². The summed E-state index contributed by atoms with van der Waals surface area (Å²) >= 11 is 5.94. The van der Waals surface area contributed by atoms with Crippen molar-refractivity contribution in [2.45, 2.75) is 69.6 Å². The van der Waals surface area contributed by atoms with E-state index in [1.165, 1.54) is 6.42 Å². The van der Waals surface area contributed by atoms with Crippen LogP contribution < -0.4 is 16.0 Å². The fourth-order valence-electron chi connectivity index (χ4n) is 4.28. The van der Waals surface area contributed by atoms with E-state index in [-0.39, 0.29) is 36.6 Å². The number of carbonyl (C=O) groups excluding carboxylic acids is 2. The maximum atomic E-state index is 12.3. The van der Waals surface area contributed by atoms with Crippen LogP contribution >= 0.6 is 11.6 Å². The zero-order chi connectivity index (χ0) is 21.3. The molecule has 1 aliphatic carbocycles. The molecule has 1 heterocycles. The first-order chi connectivity index (χ1) is 14.5. The van der Waals surface area contributed by atoms with E-state index in [1.807, 2.05) is 0 Å². The summed E-state index contributed by atoms with van der Waals surface area (Å²) in [7, 11) is 0. The highest BCUT2D eigenvalue weighted by Crippen LogP contribution is 2.24. The highest BCUT2D eigenvalue weighted by Gasteiger charge is 2.32. The highest BCUT2D eigenvalue weighted by molar-refractivity contribution is 6.30. The molecule has 7 nitrogen and oxygen atoms in total. The molecule has 3 atom stereocenters. The minimum Gasteiger partial charge on any atom is -0.394 e. The number of aliphatic hydroxyl groups excluding tert-OH is 1. The number of anilines is 1. The number of halogens is 1. The lowest BCUT2D eigenvalue weighted by Gasteiger charge is -2.36. The molecule has 1 saturated carbocycles. The molecule has 2 fully saturated rings. The van der Waals surface area contributed by atoms with E-state index in [9.17, 15) is 14.7 Å². The highest BCUT2D eigenvalue weighted by atomic mass is 35.5. The molecule has 3 amide bonds. The van der Waals surface area contributed by atoms with Crippen LogP contribution in [-0.4, -0.2) is 48.4 Å². The smallest absolute Gasteiger partial charge is 0.319 e. The molecule has 0 bridgehead atoms. The second-order valence-electron chi connectivity index (χ2n) is 8.19. The van der Waals surface area contributed by atoms with Gasteiger partial charge in [-0.2, -0.15) is 0 Å². The quantitative estimate of drug-likeness (QED) is 0.524. The second kappa shape index (κ2) is 11.5. The van der Waals surface area contributed by atoms with Crippen LogP contribution in [0, 0.1) is 5.92 Å². The summed E-state index contributed by atoms with van der Waals surface area (Å²) in [6, 6.07) is 6.28. The van der Waals surface area contributed by atoms with Crippen molar-refractivity contribution in [1.29, 1.82) is 0 Å². The Morgan fingerprint density at radius 3 is 2.67 bits per heavy atom. The molecular weight excluding hydrogens is 406 g/mol. The third kappa shape index (κ3) is 6.86. The molecule has 30 heavy (non-hydrogen) atoms. The van der Waals surface area contributed by atoms with Crippen LogP contribution in [0.1, 0.15) is 51.4 Å². The van der Waals surface area contributed by atoms with Crippen molar-refractivity contribution < 1.29 is 19.4 Å². The molecule has 0 radical (unpaired) electrons. The molecule has 0 unspecified atom stereocenters. The largest absolute Gasteiger partial charge is 0.394 e. The SMILES string of the molecule is O=C(Nc1cccc(Cl)c1)N[C@H]1CC[C@@H](CCNC(=O)C2CCCCC2)O[C@H]1CO. The predicted molar refractivity (Wildman–Crippen MR) is 117 cm³/mol. The van der Waals surface area contributed by atoms with Crippen LogP contribution in [0.15, 0.2) is 24.3 Å². The van der Waals surface area contributed by atoms with E-state index in [1.54, 1.807) is 24.3 Å². The van der Waals surface area contributed by atoms with Crippen LogP contribution in [0.4, 0.5) is 10.5 Å². The number of benzene rings is 1. The fourth-order valence-corrected chi connectivity index (χ4v) is 4.47. The first-order valence-electron chi connectivity index (χ1n) is 10.9. The lowest BCUT2D eigenvalue weighted by molar-refractivity contribution is -0.126. The van der Waals surface area contributed by atoms with Gasteiger partial charge in [-0.25, -0.2) is 4.79 Å². The molecule has 4 N–H and O–H groups in total. The number of nitrogens with one attached hydrogen (secondary N) is 3. The molecule has 3 rings (SSSR count). The average molecular weight is 438 g/mol. The Hall–Kier alpha value is -1.83. The normalized spacial score (nSPS) is 24.8. The second-order valence-corrected chi connectivity index (χ2v) is 8.62. The molecule has 1 saturated heterocycles. The van der Waals surface area contributed by atoms with Crippen LogP contribution in [0.3, 0.4) is 0 Å². The zero-order valence-electron chi connectivity index (χ0n) is 17.2. The Morgan fingerprint density at radius 2 is 1.93 bits per heavy atom. The molecule has 2 aliphatic rings. The number of rotatable bonds is 7. The number of aliphatic hydroxyl groups is 1. The summed E-state index contributed by atoms with van der Waals surface area (Å²) in [6.07, 6.45) is 7.15. The van der Waals surface area contributed by atoms with E-state index in [2.05, 4.69) is 16.0 Å². The van der Waals surface area contributed by atoms with Gasteiger partial charge in [-0.15, -0.1) is 0 Å². The van der Waals surface area contributed by atoms with Crippen LogP contribution in [0.5, 0.6) is 0 Å². The number of hydrogen-bond donors (Lipinski definition) is 4. The van der Waals surface area contributed by atoms with Crippen molar-refractivity contribution in [3.63, 3.8) is 0 Å². The first-order valence-corrected chi connectivity index (χ1v) is 11.3. The topological polar surface area (TPSA) is 99.7 Å². The van der Waals surface area contributed by atoms with Gasteiger partial charge in [0.15, 0.2) is 0 Å². The van der Waals surface area contributed by atoms with Gasteiger partial charge < -0.3 is 25.8 Å². The molecule has 0 aromatic heterocycles. The van der Waals surface area contributed by atoms with E-state index >= 15 is 0 Å². The predicted octanol–water partition coefficient (Wildman–Crippen LogP) is 3.46. The van der Waals surface area contributed by atoms with E-state index in [0.717, 1.165) is 32.1 Å². The summed E-state index contributed by atoms with van der Waals surface area (Å²) in [4.78, 5) is 24.5. The molecule has 1 aromatic carbocycles. The Kier molecular flexibility index (Phi) is 8.78. The van der Waals surface area contributed by atoms with E-state index in [0.29, 0.717) is 30.1 Å². The number of ether oxygens (including phenoxy) is 1. The monoisotopic (exact) mass is 437 g/mol. The minimum atomic E-state index is -0.470. The van der Waals surface area contributed by atoms with Crippen LogP contribution in [0.25, 0.3) is 0 Å². The van der Waals surface area contributed by atoms with Gasteiger partial charge >= 0.3 is 6.03 Å². The van der Waals surface area contributed by atoms with Gasteiger partial charge in [0.05, 0.1) is 18.8 Å². The average Bonchev–Trinajstić information content (AvgIpc) is 2.75. The molecule has 8 heteroatoms. The summed E-state index contributed by atoms with van der Waals surface area (Å²) in [5, 5.41) is 18.9. The van der Waals surface area contributed by atoms with Gasteiger partial charge in [-0.3, -0.25) is 4.79 Å². The lowest BCUT2D eigenvalue weighted by Crippen LogP contribution is -2.52. The molecule has 0 spiro atoms. The Morgan fingerprint density at radius 1 is 1.13 bits per heavy atom. The summed E-state index contributed by atoms with van der Waals surface area (Å²) in [5.74, 6) is 0.309. The Balaban J connectivity index is 1.39. The van der Waals surface area contributed by atoms with Gasteiger partial charge in [0.1, 0.15) is 6.10 Å². The van der Waals surface area contributed by atoms with Crippen molar-refractivity contribution in [2.75, 3.05) is 18.5 Å². The van der Waals surface area contributed by atoms with Crippen molar-refractivity contribution in [3.8, 4) is 0 Å². The standard InChI is InChI=1S/C22H32ClN3O4/c23-16-7-4-8-17(13-16)25-22(29)26-19-10-9-18(30-20(19)14-27)11-12-24-21(28)15-5-2-1-3-6-15/h4,7-8,13,15,18-20,27H,1-3,5-6,9-12,14H2,(H,24,28)(H2,25,26,29)/t18-,19-,20-/m0/s1. The van der Waals surface area contributed by atoms with Gasteiger partial charge in [0.25, 0.3) is 0 Å². The van der Waals surface area contributed by atoms with Crippen molar-refractivity contribution in [2.24, 2.45) is 5.92 Å². The number of carbonyl (C=O) groups is 2. The van der Waals surface area contributed by atoms with E-state index in [4.69, 9.17) is 16.3 Å². The van der Waals surface area contributed by atoms with Crippen molar-refractivity contribution in [3.05, 3.63) is 29.3 Å². The number of amides is 3. The van der Waals surface area contributed by atoms with E-state index < -0.39 is 6.10 Å². The number of hydrogen-bond acceptors (Lipinski definition) is 4. The summed E-state index contributed by atoms with van der Waals surface area (Å²) in [6.45, 7) is 0.401. The fraction of sp³-hybridized carbons (Fsp3) is 0.636. The zero-order valence-corrected chi connectivity index (χ0v) is 18.0. The molecule has 1 aliphatic heterocycles. The molecule has 166 valence electrons. The molecular formula is C22H32ClN3O4. The molecule has 1 aromatic rings. The Labute approximate surface area is 182 Å². The minimum absolute atomic E-state index is 0.0390. The van der Waals surface area contributed by atoms with Crippen LogP contribution in [0.2, 0.25) is 5.02 Å². The maximum absolute atomic E-state index is 12.3. The lowest BCUT2D eigenvalue weighted by atomic mass is 9.88. The van der Waals surface area contributed by atoms with Gasteiger partial charge in [0, 0.05) is 23.2 Å². The summed E-state index contributed by atoms with van der Waals surface area (Å²) < 4.78 is 5.98. The van der Waals surface area contributed by atoms with Crippen molar-refractivity contribution in [1.82, 2.24) is 10.6 Å². The van der Waals surface area contributed by atoms with Gasteiger partial charge in [0.2, 0.25) is 5.91 Å². The third-order valence-electron chi connectivity index (χ3n) is 5.94. The first kappa shape index (κ1) is 22.8. The Bertz CT molecular complexity index is 711. The van der Waals surface area contributed by atoms with Gasteiger partial charge in [-0.1, -0.05) is 36.9 Å². The third-order valence-corrected chi connectivity index (χ3v) is 6.17. The number of urea groups is 1.